The maximum Gasteiger partial charge on any atom is 0.399 e. The fourth-order valence-electron chi connectivity index (χ4n) is 2.11. The highest BCUT2D eigenvalue weighted by atomic mass is 28.3. The Morgan fingerprint density at radius 2 is 2.00 bits per heavy atom. The van der Waals surface area contributed by atoms with E-state index in [1.807, 2.05) is 6.92 Å². The molecule has 1 amide bonds. The van der Waals surface area contributed by atoms with Crippen LogP contribution in [0.1, 0.15) is 27.7 Å². The number of allylic oxidation sites excluding steroid dienone is 3. The van der Waals surface area contributed by atoms with Crippen LogP contribution in [0.15, 0.2) is 24.0 Å². The van der Waals surface area contributed by atoms with E-state index in [-0.39, 0.29) is 17.2 Å². The van der Waals surface area contributed by atoms with Crippen LogP contribution >= 0.6 is 0 Å². The third-order valence-corrected chi connectivity index (χ3v) is 5.93. The Balaban J connectivity index is 2.85. The van der Waals surface area contributed by atoms with Gasteiger partial charge in [0.1, 0.15) is 11.4 Å². The number of hydrogen-bond donors (Lipinski definition) is 2. The van der Waals surface area contributed by atoms with Gasteiger partial charge in [-0.25, -0.2) is 4.79 Å². The van der Waals surface area contributed by atoms with E-state index in [0.717, 1.165) is 0 Å². The standard InChI is InChI=1S/C14H23NO5Si/c1-9-8-10(16)6-7-11(9)21(13(18)19-5)15-12(17)20-14(2,3)4/h6-9,11,16,21H,1-5H3,(H,15,17)/t9?,11?,21-/m0/s1. The van der Waals surface area contributed by atoms with Crippen molar-refractivity contribution in [2.75, 3.05) is 7.11 Å². The molecule has 21 heavy (non-hydrogen) atoms. The molecule has 0 saturated heterocycles. The molecule has 0 saturated carbocycles. The van der Waals surface area contributed by atoms with Gasteiger partial charge in [-0.15, -0.1) is 0 Å². The van der Waals surface area contributed by atoms with Gasteiger partial charge in [-0.1, -0.05) is 13.0 Å². The number of nitrogens with one attached hydrogen (secondary N) is 1. The molecule has 2 N–H and O–H groups in total. The predicted octanol–water partition coefficient (Wildman–Crippen LogP) is 2.60. The zero-order valence-electron chi connectivity index (χ0n) is 13.0. The van der Waals surface area contributed by atoms with Gasteiger partial charge < -0.3 is 19.6 Å². The Hall–Kier alpha value is -1.76. The van der Waals surface area contributed by atoms with E-state index in [9.17, 15) is 14.7 Å². The monoisotopic (exact) mass is 313 g/mol. The van der Waals surface area contributed by atoms with Crippen LogP contribution in [0.25, 0.3) is 0 Å². The average Bonchev–Trinajstić information content (AvgIpc) is 2.33. The Kier molecular flexibility index (Phi) is 5.59. The molecule has 0 aromatic heterocycles. The molecular weight excluding hydrogens is 290 g/mol. The minimum atomic E-state index is -2.47. The Morgan fingerprint density at radius 3 is 2.48 bits per heavy atom. The number of hydrogen-bond acceptors (Lipinski definition) is 5. The number of ether oxygens (including phenoxy) is 2. The molecule has 3 atom stereocenters. The van der Waals surface area contributed by atoms with Crippen LogP contribution in [0, 0.1) is 5.92 Å². The molecule has 7 heteroatoms. The first-order valence-electron chi connectivity index (χ1n) is 6.80. The largest absolute Gasteiger partial charge is 0.508 e. The van der Waals surface area contributed by atoms with Crippen molar-refractivity contribution < 1.29 is 24.2 Å². The van der Waals surface area contributed by atoms with E-state index in [1.165, 1.54) is 13.2 Å². The first-order chi connectivity index (χ1) is 9.64. The lowest BCUT2D eigenvalue weighted by atomic mass is 10.0. The minimum Gasteiger partial charge on any atom is -0.508 e. The highest BCUT2D eigenvalue weighted by Crippen LogP contribution is 2.29. The lowest BCUT2D eigenvalue weighted by Gasteiger charge is -2.28. The van der Waals surface area contributed by atoms with Gasteiger partial charge in [-0.05, 0) is 38.8 Å². The summed E-state index contributed by atoms with van der Waals surface area (Å²) < 4.78 is 10.0. The highest BCUT2D eigenvalue weighted by Gasteiger charge is 2.37. The first kappa shape index (κ1) is 17.3. The topological polar surface area (TPSA) is 84.9 Å². The first-order valence-corrected chi connectivity index (χ1v) is 8.62. The molecule has 0 radical (unpaired) electrons. The zero-order chi connectivity index (χ0) is 16.2. The van der Waals surface area contributed by atoms with Gasteiger partial charge in [0.05, 0.1) is 7.11 Å². The molecule has 0 bridgehead atoms. The van der Waals surface area contributed by atoms with Crippen LogP contribution in [0.3, 0.4) is 0 Å². The third kappa shape index (κ3) is 5.26. The smallest absolute Gasteiger partial charge is 0.399 e. The third-order valence-electron chi connectivity index (χ3n) is 3.04. The van der Waals surface area contributed by atoms with Crippen LogP contribution in [0.5, 0.6) is 0 Å². The van der Waals surface area contributed by atoms with E-state index in [4.69, 9.17) is 9.47 Å². The Morgan fingerprint density at radius 1 is 1.38 bits per heavy atom. The van der Waals surface area contributed by atoms with Gasteiger partial charge in [0.15, 0.2) is 0 Å². The molecule has 118 valence electrons. The van der Waals surface area contributed by atoms with Crippen LogP contribution in [0.4, 0.5) is 9.59 Å². The van der Waals surface area contributed by atoms with Crippen molar-refractivity contribution in [3.8, 4) is 0 Å². The molecule has 0 fully saturated rings. The Bertz CT molecular complexity index is 466. The summed E-state index contributed by atoms with van der Waals surface area (Å²) in [5.41, 5.74) is -1.23. The lowest BCUT2D eigenvalue weighted by Crippen LogP contribution is -2.51. The van der Waals surface area contributed by atoms with Gasteiger partial charge in [-0.2, -0.15) is 0 Å². The number of methoxy groups -OCH3 is 1. The van der Waals surface area contributed by atoms with Crippen LogP contribution in [-0.2, 0) is 9.47 Å². The average molecular weight is 313 g/mol. The second kappa shape index (κ2) is 6.80. The number of carbonyl (C=O) groups is 2. The van der Waals surface area contributed by atoms with Crippen LogP contribution in [0.2, 0.25) is 5.54 Å². The van der Waals surface area contributed by atoms with Crippen LogP contribution in [-0.4, -0.2) is 38.5 Å². The fraction of sp³-hybridized carbons (Fsp3) is 0.571. The molecule has 1 aliphatic rings. The summed E-state index contributed by atoms with van der Waals surface area (Å²) in [6.45, 7) is 7.14. The van der Waals surface area contributed by atoms with Crippen molar-refractivity contribution in [2.24, 2.45) is 5.92 Å². The van der Waals surface area contributed by atoms with Gasteiger partial charge in [0.25, 0.3) is 14.6 Å². The van der Waals surface area contributed by atoms with Crippen molar-refractivity contribution >= 4 is 20.6 Å². The molecule has 1 aliphatic carbocycles. The predicted molar refractivity (Wildman–Crippen MR) is 81.7 cm³/mol. The maximum absolute atomic E-state index is 12.0. The summed E-state index contributed by atoms with van der Waals surface area (Å²) in [6.07, 6.45) is 4.31. The second-order valence-electron chi connectivity index (χ2n) is 6.03. The van der Waals surface area contributed by atoms with E-state index in [0.29, 0.717) is 0 Å². The van der Waals surface area contributed by atoms with E-state index in [1.54, 1.807) is 32.9 Å². The SMILES string of the molecule is COC(=O)[Si@@H](NC(=O)OC(C)(C)C)C1C=CC(O)=CC1C. The highest BCUT2D eigenvalue weighted by molar-refractivity contribution is 6.89. The summed E-state index contributed by atoms with van der Waals surface area (Å²) in [5.74, 6) is 0.0920. The number of aliphatic hydroxyl groups excluding tert-OH is 1. The lowest BCUT2D eigenvalue weighted by molar-refractivity contribution is 0.0564. The molecular formula is C14H23NO5Si. The maximum atomic E-state index is 12.0. The molecule has 1 rings (SSSR count). The molecule has 0 heterocycles. The number of rotatable bonds is 3. The molecule has 2 unspecified atom stereocenters. The van der Waals surface area contributed by atoms with E-state index >= 15 is 0 Å². The van der Waals surface area contributed by atoms with Gasteiger partial charge >= 0.3 is 6.09 Å². The van der Waals surface area contributed by atoms with Crippen molar-refractivity contribution in [3.05, 3.63) is 24.0 Å². The van der Waals surface area contributed by atoms with E-state index < -0.39 is 26.2 Å². The van der Waals surface area contributed by atoms with Gasteiger partial charge in [0.2, 0.25) is 0 Å². The summed E-state index contributed by atoms with van der Waals surface area (Å²) in [7, 11) is -1.17. The summed E-state index contributed by atoms with van der Waals surface area (Å²) >= 11 is 0. The molecule has 0 aromatic carbocycles. The van der Waals surface area contributed by atoms with Crippen molar-refractivity contribution in [1.29, 1.82) is 0 Å². The van der Waals surface area contributed by atoms with E-state index in [2.05, 4.69) is 4.98 Å². The van der Waals surface area contributed by atoms with Crippen LogP contribution < -0.4 is 4.98 Å². The number of aliphatic hydroxyl groups is 1. The summed E-state index contributed by atoms with van der Waals surface area (Å²) in [5, 5.41) is 9.47. The minimum absolute atomic E-state index is 0.0688. The number of amides is 1. The number of carbonyl (C=O) groups excluding carboxylic acids is 2. The Labute approximate surface area is 126 Å². The van der Waals surface area contributed by atoms with Crippen molar-refractivity contribution in [3.63, 3.8) is 0 Å². The summed E-state index contributed by atoms with van der Waals surface area (Å²) in [6, 6.07) is 0. The zero-order valence-corrected chi connectivity index (χ0v) is 14.2. The summed E-state index contributed by atoms with van der Waals surface area (Å²) in [4.78, 5) is 26.6. The van der Waals surface area contributed by atoms with Crippen molar-refractivity contribution in [2.45, 2.75) is 38.8 Å². The second-order valence-corrected chi connectivity index (χ2v) is 8.52. The fourth-order valence-corrected chi connectivity index (χ4v) is 4.35. The molecule has 0 spiro atoms. The molecule has 6 nitrogen and oxygen atoms in total. The van der Waals surface area contributed by atoms with Gasteiger partial charge in [-0.3, -0.25) is 4.79 Å². The normalized spacial score (nSPS) is 23.0. The molecule has 0 aliphatic heterocycles. The van der Waals surface area contributed by atoms with Gasteiger partial charge in [0, 0.05) is 5.54 Å². The molecule has 0 aromatic rings. The quantitative estimate of drug-likeness (QED) is 0.782. The van der Waals surface area contributed by atoms with Crippen molar-refractivity contribution in [1.82, 2.24) is 4.98 Å².